The van der Waals surface area contributed by atoms with Gasteiger partial charge in [-0.05, 0) is 42.7 Å². The lowest BCUT2D eigenvalue weighted by Crippen LogP contribution is -2.58. The van der Waals surface area contributed by atoms with E-state index in [4.69, 9.17) is 9.47 Å². The highest BCUT2D eigenvalue weighted by Crippen LogP contribution is 2.30. The molecule has 1 aliphatic rings. The molecule has 1 aromatic rings. The summed E-state index contributed by atoms with van der Waals surface area (Å²) in [7, 11) is 6.73. The van der Waals surface area contributed by atoms with Crippen LogP contribution in [0.4, 0.5) is 0 Å². The Morgan fingerprint density at radius 1 is 1.02 bits per heavy atom. The topological polar surface area (TPSA) is 150 Å². The first-order chi connectivity index (χ1) is 24.9. The van der Waals surface area contributed by atoms with Crippen molar-refractivity contribution < 1.29 is 33.8 Å². The van der Waals surface area contributed by atoms with Crippen LogP contribution in [0.2, 0.25) is 0 Å². The van der Waals surface area contributed by atoms with Gasteiger partial charge in [0.15, 0.2) is 0 Å². The van der Waals surface area contributed by atoms with Gasteiger partial charge in [-0.25, -0.2) is 0 Å². The van der Waals surface area contributed by atoms with Gasteiger partial charge < -0.3 is 40.3 Å². The van der Waals surface area contributed by atoms with Gasteiger partial charge in [-0.3, -0.25) is 19.2 Å². The zero-order valence-corrected chi connectivity index (χ0v) is 34.6. The average molecular weight is 746 g/mol. The van der Waals surface area contributed by atoms with Crippen molar-refractivity contribution in [3.63, 3.8) is 0 Å². The maximum atomic E-state index is 14.1. The molecule has 0 aliphatic carbocycles. The number of amides is 4. The van der Waals surface area contributed by atoms with Gasteiger partial charge in [0.25, 0.3) is 0 Å². The Kier molecular flexibility index (Phi) is 18.9. The number of carbonyl (C=O) groups excluding carboxylic acids is 4. The third kappa shape index (κ3) is 13.0. The SMILES string of the molecule is CC[C@H](C)C([C@@H](CC(=O)N1CCC[C@H]1[C@H](OC)[C@@H](C)C(=O)NC[C@H](C)C(O)c1ccccc1)OC)N(C)C(=O)[C@@H](NC(=O)CC(C)(C)CNC)C(C)C. The zero-order valence-electron chi connectivity index (χ0n) is 34.6. The number of aliphatic hydroxyl groups is 1. The van der Waals surface area contributed by atoms with Crippen LogP contribution in [0.1, 0.15) is 99.2 Å². The van der Waals surface area contributed by atoms with E-state index in [1.807, 2.05) is 97.7 Å². The van der Waals surface area contributed by atoms with Crippen LogP contribution < -0.4 is 16.0 Å². The van der Waals surface area contributed by atoms with Crippen LogP contribution >= 0.6 is 0 Å². The fraction of sp³-hybridized carbons (Fsp3) is 0.756. The summed E-state index contributed by atoms with van der Waals surface area (Å²) >= 11 is 0. The van der Waals surface area contributed by atoms with Crippen molar-refractivity contribution in [1.82, 2.24) is 25.8 Å². The molecule has 9 atom stereocenters. The highest BCUT2D eigenvalue weighted by molar-refractivity contribution is 5.88. The third-order valence-corrected chi connectivity index (χ3v) is 11.1. The average Bonchev–Trinajstić information content (AvgIpc) is 3.61. The van der Waals surface area contributed by atoms with Crippen LogP contribution in [0, 0.1) is 29.1 Å². The number of likely N-dealkylation sites (N-methyl/N-ethyl adjacent to an activating group) is 1. The van der Waals surface area contributed by atoms with Gasteiger partial charge >= 0.3 is 0 Å². The van der Waals surface area contributed by atoms with Crippen molar-refractivity contribution in [1.29, 1.82) is 0 Å². The van der Waals surface area contributed by atoms with Gasteiger partial charge in [0.1, 0.15) is 6.04 Å². The molecular formula is C41H71N5O7. The van der Waals surface area contributed by atoms with Crippen molar-refractivity contribution in [2.24, 2.45) is 29.1 Å². The number of likely N-dealkylation sites (tertiary alicyclic amines) is 1. The van der Waals surface area contributed by atoms with Crippen molar-refractivity contribution in [2.45, 2.75) is 124 Å². The lowest BCUT2D eigenvalue weighted by molar-refractivity contribution is -0.147. The molecule has 12 heteroatoms. The van der Waals surface area contributed by atoms with Crippen molar-refractivity contribution in [3.05, 3.63) is 35.9 Å². The highest BCUT2D eigenvalue weighted by atomic mass is 16.5. The Balaban J connectivity index is 2.18. The summed E-state index contributed by atoms with van der Waals surface area (Å²) in [5.41, 5.74) is 0.515. The second kappa shape index (κ2) is 21.7. The molecule has 2 unspecified atom stereocenters. The predicted octanol–water partition coefficient (Wildman–Crippen LogP) is 4.17. The zero-order chi connectivity index (χ0) is 40.0. The summed E-state index contributed by atoms with van der Waals surface area (Å²) < 4.78 is 11.9. The van der Waals surface area contributed by atoms with Crippen LogP contribution in [-0.2, 0) is 28.7 Å². The summed E-state index contributed by atoms with van der Waals surface area (Å²) in [6.45, 7) is 17.1. The minimum Gasteiger partial charge on any atom is -0.388 e. The van der Waals surface area contributed by atoms with Crippen molar-refractivity contribution >= 4 is 23.6 Å². The second-order valence-electron chi connectivity index (χ2n) is 16.3. The Bertz CT molecular complexity index is 1290. The van der Waals surface area contributed by atoms with Crippen LogP contribution in [0.3, 0.4) is 0 Å². The first-order valence-corrected chi connectivity index (χ1v) is 19.5. The molecule has 0 bridgehead atoms. The summed E-state index contributed by atoms with van der Waals surface area (Å²) in [5, 5.41) is 19.9. The Labute approximate surface area is 319 Å². The molecular weight excluding hydrogens is 674 g/mol. The Morgan fingerprint density at radius 2 is 1.66 bits per heavy atom. The van der Waals surface area contributed by atoms with Crippen molar-refractivity contribution in [3.8, 4) is 0 Å². The molecule has 0 saturated carbocycles. The summed E-state index contributed by atoms with van der Waals surface area (Å²) in [6, 6.07) is 7.89. The molecule has 4 amide bonds. The fourth-order valence-electron chi connectivity index (χ4n) is 7.75. The number of methoxy groups -OCH3 is 2. The number of benzene rings is 1. The third-order valence-electron chi connectivity index (χ3n) is 11.1. The Hall–Kier alpha value is -3.06. The number of rotatable bonds is 22. The number of nitrogens with one attached hydrogen (secondary N) is 3. The highest BCUT2D eigenvalue weighted by Gasteiger charge is 2.43. The summed E-state index contributed by atoms with van der Waals surface area (Å²) in [6.07, 6.45) is 0.666. The number of carbonyl (C=O) groups is 4. The maximum absolute atomic E-state index is 14.1. The molecule has 1 saturated heterocycles. The number of nitrogens with zero attached hydrogens (tertiary/aromatic N) is 2. The van der Waals surface area contributed by atoms with Gasteiger partial charge in [-0.1, -0.05) is 92.1 Å². The molecule has 12 nitrogen and oxygen atoms in total. The largest absolute Gasteiger partial charge is 0.388 e. The molecule has 1 aromatic carbocycles. The van der Waals surface area contributed by atoms with Crippen LogP contribution in [0.5, 0.6) is 0 Å². The molecule has 0 radical (unpaired) electrons. The lowest BCUT2D eigenvalue weighted by Gasteiger charge is -2.41. The molecule has 4 N–H and O–H groups in total. The Morgan fingerprint density at radius 3 is 2.21 bits per heavy atom. The second-order valence-corrected chi connectivity index (χ2v) is 16.3. The molecule has 0 spiro atoms. The van der Waals surface area contributed by atoms with Gasteiger partial charge in [-0.2, -0.15) is 0 Å². The quantitative estimate of drug-likeness (QED) is 0.138. The van der Waals surface area contributed by atoms with E-state index in [9.17, 15) is 24.3 Å². The number of ether oxygens (including phenoxy) is 2. The summed E-state index contributed by atoms with van der Waals surface area (Å²) in [4.78, 5) is 58.3. The molecule has 1 fully saturated rings. The van der Waals surface area contributed by atoms with Crippen LogP contribution in [0.25, 0.3) is 0 Å². The van der Waals surface area contributed by atoms with E-state index >= 15 is 0 Å². The van der Waals surface area contributed by atoms with Gasteiger partial charge in [0, 0.05) is 53.2 Å². The van der Waals surface area contributed by atoms with Gasteiger partial charge in [-0.15, -0.1) is 0 Å². The van der Waals surface area contributed by atoms with E-state index in [0.29, 0.717) is 19.5 Å². The number of aliphatic hydroxyl groups excluding tert-OH is 1. The fourth-order valence-corrected chi connectivity index (χ4v) is 7.75. The maximum Gasteiger partial charge on any atom is 0.245 e. The van der Waals surface area contributed by atoms with E-state index in [0.717, 1.165) is 18.4 Å². The standard InChI is InChI=1S/C41H71N5O7/c1-13-27(4)36(45(10)40(51)35(26(2)3)44-33(47)23-41(7,8)25-42-9)32(52-11)22-34(48)46-21-17-20-31(46)38(53-12)29(6)39(50)43-24-28(5)37(49)30-18-15-14-16-19-30/h14-16,18-19,26-29,31-32,35-38,42,49H,13,17,20-25H2,1-12H3,(H,43,50)(H,44,47)/t27-,28-,29+,31-,32+,35-,36?,37?,38+/m0/s1. The minimum atomic E-state index is -0.736. The first-order valence-electron chi connectivity index (χ1n) is 19.5. The molecule has 302 valence electrons. The lowest BCUT2D eigenvalue weighted by atomic mass is 9.88. The van der Waals surface area contributed by atoms with E-state index in [2.05, 4.69) is 16.0 Å². The first kappa shape index (κ1) is 46.1. The van der Waals surface area contributed by atoms with Gasteiger partial charge in [0.05, 0.1) is 42.7 Å². The molecule has 2 rings (SSSR count). The number of hydrogen-bond acceptors (Lipinski definition) is 8. The summed E-state index contributed by atoms with van der Waals surface area (Å²) in [5.74, 6) is -1.66. The number of hydrogen-bond donors (Lipinski definition) is 4. The molecule has 53 heavy (non-hydrogen) atoms. The van der Waals surface area contributed by atoms with Gasteiger partial charge in [0.2, 0.25) is 23.6 Å². The van der Waals surface area contributed by atoms with E-state index in [-0.39, 0.29) is 72.2 Å². The van der Waals surface area contributed by atoms with E-state index < -0.39 is 36.3 Å². The normalized spacial score (nSPS) is 19.4. The van der Waals surface area contributed by atoms with Crippen LogP contribution in [-0.4, -0.2) is 117 Å². The van der Waals surface area contributed by atoms with Crippen molar-refractivity contribution in [2.75, 3.05) is 47.9 Å². The minimum absolute atomic E-state index is 0.00704. The monoisotopic (exact) mass is 746 g/mol. The smallest absolute Gasteiger partial charge is 0.245 e. The molecule has 1 heterocycles. The van der Waals surface area contributed by atoms with Crippen LogP contribution in [0.15, 0.2) is 30.3 Å². The molecule has 1 aliphatic heterocycles. The predicted molar refractivity (Wildman–Crippen MR) is 209 cm³/mol. The van der Waals surface area contributed by atoms with E-state index in [1.54, 1.807) is 26.2 Å². The molecule has 0 aromatic heterocycles. The van der Waals surface area contributed by atoms with E-state index in [1.165, 1.54) is 0 Å².